The number of hydrogen-bond acceptors (Lipinski definition) is 2. The summed E-state index contributed by atoms with van der Waals surface area (Å²) in [6.45, 7) is 1.15. The second kappa shape index (κ2) is 5.44. The van der Waals surface area contributed by atoms with Crippen molar-refractivity contribution in [3.63, 3.8) is 0 Å². The molecule has 4 heteroatoms. The zero-order valence-corrected chi connectivity index (χ0v) is 8.43. The van der Waals surface area contributed by atoms with Crippen LogP contribution in [0.1, 0.15) is 18.1 Å². The molecule has 0 amide bonds. The van der Waals surface area contributed by atoms with Gasteiger partial charge in [0.2, 0.25) is 0 Å². The average molecular weight is 214 g/mol. The molecule has 0 aliphatic carbocycles. The van der Waals surface area contributed by atoms with Crippen LogP contribution in [-0.4, -0.2) is 12.6 Å². The first-order chi connectivity index (χ1) is 7.17. The molecule has 0 bridgehead atoms. The highest BCUT2D eigenvalue weighted by molar-refractivity contribution is 5.72. The summed E-state index contributed by atoms with van der Waals surface area (Å²) in [7, 11) is 0. The second-order valence-corrected chi connectivity index (χ2v) is 3.04. The minimum atomic E-state index is -0.842. The molecule has 0 heterocycles. The third-order valence-electron chi connectivity index (χ3n) is 1.92. The van der Waals surface area contributed by atoms with Crippen molar-refractivity contribution >= 4 is 5.97 Å². The van der Waals surface area contributed by atoms with Crippen LogP contribution in [0.5, 0.6) is 0 Å². The lowest BCUT2D eigenvalue weighted by atomic mass is 10.1. The van der Waals surface area contributed by atoms with Crippen molar-refractivity contribution in [1.29, 1.82) is 0 Å². The fourth-order valence-corrected chi connectivity index (χ4v) is 1.19. The Hall–Kier alpha value is -1.45. The van der Waals surface area contributed by atoms with Gasteiger partial charge in [0.1, 0.15) is 12.5 Å². The fourth-order valence-electron chi connectivity index (χ4n) is 1.19. The van der Waals surface area contributed by atoms with E-state index in [0.717, 1.165) is 6.07 Å². The largest absolute Gasteiger partial charge is 0.466 e. The highest BCUT2D eigenvalue weighted by atomic mass is 19.1. The summed E-state index contributed by atoms with van der Waals surface area (Å²) in [6, 6.07) is 4.02. The van der Waals surface area contributed by atoms with Crippen LogP contribution in [-0.2, 0) is 22.6 Å². The molecule has 0 spiro atoms. The van der Waals surface area contributed by atoms with Gasteiger partial charge < -0.3 is 4.74 Å². The molecule has 0 aliphatic rings. The molecule has 0 radical (unpaired) electrons. The molecule has 1 rings (SSSR count). The van der Waals surface area contributed by atoms with Gasteiger partial charge in [-0.3, -0.25) is 4.79 Å². The summed E-state index contributed by atoms with van der Waals surface area (Å²) in [6.07, 6.45) is 0.0112. The van der Waals surface area contributed by atoms with Crippen molar-refractivity contribution in [3.05, 3.63) is 35.1 Å². The van der Waals surface area contributed by atoms with Crippen molar-refractivity contribution in [3.8, 4) is 0 Å². The minimum Gasteiger partial charge on any atom is -0.466 e. The van der Waals surface area contributed by atoms with E-state index >= 15 is 0 Å². The Morgan fingerprint density at radius 2 is 2.20 bits per heavy atom. The van der Waals surface area contributed by atoms with Gasteiger partial charge in [-0.1, -0.05) is 12.1 Å². The predicted molar refractivity (Wildman–Crippen MR) is 51.5 cm³/mol. The maximum Gasteiger partial charge on any atom is 0.310 e. The van der Waals surface area contributed by atoms with E-state index in [1.54, 1.807) is 6.92 Å². The molecule has 1 aromatic carbocycles. The van der Waals surface area contributed by atoms with E-state index in [2.05, 4.69) is 0 Å². The Balaban J connectivity index is 2.71. The molecule has 0 saturated heterocycles. The first kappa shape index (κ1) is 11.6. The summed E-state index contributed by atoms with van der Waals surface area (Å²) in [4.78, 5) is 11.1. The van der Waals surface area contributed by atoms with Crippen LogP contribution >= 0.6 is 0 Å². The molecule has 0 fully saturated rings. The van der Waals surface area contributed by atoms with Gasteiger partial charge in [0.05, 0.1) is 13.0 Å². The van der Waals surface area contributed by atoms with Gasteiger partial charge in [-0.15, -0.1) is 0 Å². The van der Waals surface area contributed by atoms with E-state index in [9.17, 15) is 13.6 Å². The number of alkyl halides is 1. The van der Waals surface area contributed by atoms with Gasteiger partial charge in [-0.05, 0) is 18.6 Å². The Morgan fingerprint density at radius 1 is 1.47 bits per heavy atom. The average Bonchev–Trinajstić information content (AvgIpc) is 2.18. The zero-order chi connectivity index (χ0) is 11.3. The Kier molecular flexibility index (Phi) is 4.21. The molecule has 0 aliphatic heterocycles. The standard InChI is InChI=1S/C11H12F2O2/c1-2-15-11(14)6-8-3-4-9(7-12)10(13)5-8/h3-5H,2,6-7H2,1H3. The van der Waals surface area contributed by atoms with E-state index < -0.39 is 18.5 Å². The number of carbonyl (C=O) groups is 1. The van der Waals surface area contributed by atoms with Crippen molar-refractivity contribution in [2.75, 3.05) is 6.61 Å². The van der Waals surface area contributed by atoms with Gasteiger partial charge in [0.25, 0.3) is 0 Å². The number of esters is 1. The van der Waals surface area contributed by atoms with Crippen LogP contribution in [0.4, 0.5) is 8.78 Å². The van der Waals surface area contributed by atoms with E-state index in [1.165, 1.54) is 12.1 Å². The number of rotatable bonds is 4. The van der Waals surface area contributed by atoms with Crippen molar-refractivity contribution in [1.82, 2.24) is 0 Å². The van der Waals surface area contributed by atoms with Crippen LogP contribution in [0.2, 0.25) is 0 Å². The van der Waals surface area contributed by atoms with Crippen LogP contribution < -0.4 is 0 Å². The summed E-state index contributed by atoms with van der Waals surface area (Å²) in [5.41, 5.74) is 0.491. The van der Waals surface area contributed by atoms with Gasteiger partial charge in [0.15, 0.2) is 0 Å². The van der Waals surface area contributed by atoms with E-state index in [0.29, 0.717) is 12.2 Å². The number of carbonyl (C=O) groups excluding carboxylic acids is 1. The first-order valence-electron chi connectivity index (χ1n) is 4.66. The zero-order valence-electron chi connectivity index (χ0n) is 8.43. The number of ether oxygens (including phenoxy) is 1. The number of halogens is 2. The molecule has 2 nitrogen and oxygen atoms in total. The van der Waals surface area contributed by atoms with Crippen LogP contribution in [0.3, 0.4) is 0 Å². The Morgan fingerprint density at radius 3 is 2.73 bits per heavy atom. The third-order valence-corrected chi connectivity index (χ3v) is 1.92. The lowest BCUT2D eigenvalue weighted by Crippen LogP contribution is -2.07. The normalized spacial score (nSPS) is 10.1. The molecule has 0 N–H and O–H groups in total. The van der Waals surface area contributed by atoms with E-state index in [1.807, 2.05) is 0 Å². The van der Waals surface area contributed by atoms with Gasteiger partial charge in [-0.2, -0.15) is 0 Å². The van der Waals surface area contributed by atoms with Crippen molar-refractivity contribution < 1.29 is 18.3 Å². The maximum atomic E-state index is 13.1. The van der Waals surface area contributed by atoms with E-state index in [4.69, 9.17) is 4.74 Å². The Bertz CT molecular complexity index is 350. The molecular weight excluding hydrogens is 202 g/mol. The monoisotopic (exact) mass is 214 g/mol. The maximum absolute atomic E-state index is 13.1. The highest BCUT2D eigenvalue weighted by Crippen LogP contribution is 2.12. The smallest absolute Gasteiger partial charge is 0.310 e. The first-order valence-corrected chi connectivity index (χ1v) is 4.66. The summed E-state index contributed by atoms with van der Waals surface area (Å²) in [5.74, 6) is -1.04. The molecule has 0 aromatic heterocycles. The number of hydrogen-bond donors (Lipinski definition) is 0. The SMILES string of the molecule is CCOC(=O)Cc1ccc(CF)c(F)c1. The van der Waals surface area contributed by atoms with Crippen LogP contribution in [0.25, 0.3) is 0 Å². The van der Waals surface area contributed by atoms with Crippen molar-refractivity contribution in [2.24, 2.45) is 0 Å². The summed E-state index contributed by atoms with van der Waals surface area (Å²) < 4.78 is 30.0. The molecule has 1 aromatic rings. The van der Waals surface area contributed by atoms with Crippen LogP contribution in [0, 0.1) is 5.82 Å². The van der Waals surface area contributed by atoms with Gasteiger partial charge >= 0.3 is 5.97 Å². The van der Waals surface area contributed by atoms with Crippen molar-refractivity contribution in [2.45, 2.75) is 20.0 Å². The minimum absolute atomic E-state index is 0.00242. The molecule has 82 valence electrons. The lowest BCUT2D eigenvalue weighted by Gasteiger charge is -2.03. The topological polar surface area (TPSA) is 26.3 Å². The number of benzene rings is 1. The quantitative estimate of drug-likeness (QED) is 0.719. The molecule has 0 saturated carbocycles. The second-order valence-electron chi connectivity index (χ2n) is 3.04. The third kappa shape index (κ3) is 3.31. The lowest BCUT2D eigenvalue weighted by molar-refractivity contribution is -0.142. The molecule has 0 atom stereocenters. The summed E-state index contributed by atoms with van der Waals surface area (Å²) in [5, 5.41) is 0. The predicted octanol–water partition coefficient (Wildman–Crippen LogP) is 2.40. The summed E-state index contributed by atoms with van der Waals surface area (Å²) >= 11 is 0. The van der Waals surface area contributed by atoms with E-state index in [-0.39, 0.29) is 12.0 Å². The van der Waals surface area contributed by atoms with Crippen LogP contribution in [0.15, 0.2) is 18.2 Å². The van der Waals surface area contributed by atoms with Gasteiger partial charge in [0, 0.05) is 5.56 Å². The molecular formula is C11H12F2O2. The highest BCUT2D eigenvalue weighted by Gasteiger charge is 2.07. The fraction of sp³-hybridized carbons (Fsp3) is 0.364. The van der Waals surface area contributed by atoms with Gasteiger partial charge in [-0.25, -0.2) is 8.78 Å². The molecule has 15 heavy (non-hydrogen) atoms. The Labute approximate surface area is 86.9 Å². The molecule has 0 unspecified atom stereocenters.